The first-order chi connectivity index (χ1) is 9.24. The summed E-state index contributed by atoms with van der Waals surface area (Å²) in [5, 5.41) is 6.62. The predicted octanol–water partition coefficient (Wildman–Crippen LogP) is 3.18. The van der Waals surface area contributed by atoms with E-state index in [9.17, 15) is 0 Å². The fourth-order valence-corrected chi connectivity index (χ4v) is 3.25. The molecule has 0 saturated heterocycles. The van der Waals surface area contributed by atoms with Gasteiger partial charge < -0.3 is 4.57 Å². The molecule has 0 aliphatic heterocycles. The molecule has 0 spiro atoms. The molecule has 4 nitrogen and oxygen atoms in total. The lowest BCUT2D eigenvalue weighted by atomic mass is 10.3. The largest absolute Gasteiger partial charge is 0.307 e. The van der Waals surface area contributed by atoms with Gasteiger partial charge in [-0.15, -0.1) is 22.9 Å². The van der Waals surface area contributed by atoms with Crippen LogP contribution in [0.15, 0.2) is 17.5 Å². The summed E-state index contributed by atoms with van der Waals surface area (Å²) in [5.41, 5.74) is 3.08. The molecule has 3 aromatic heterocycles. The summed E-state index contributed by atoms with van der Waals surface area (Å²) < 4.78 is 4.07. The molecular formula is C13H15ClN4S. The maximum atomic E-state index is 6.04. The van der Waals surface area contributed by atoms with Crippen LogP contribution in [0.3, 0.4) is 0 Å². The van der Waals surface area contributed by atoms with Crippen LogP contribution >= 0.6 is 22.9 Å². The van der Waals surface area contributed by atoms with Crippen molar-refractivity contribution in [2.24, 2.45) is 7.05 Å². The van der Waals surface area contributed by atoms with Gasteiger partial charge in [-0.2, -0.15) is 5.10 Å². The summed E-state index contributed by atoms with van der Waals surface area (Å²) in [4.78, 5) is 5.95. The highest BCUT2D eigenvalue weighted by molar-refractivity contribution is 7.09. The van der Waals surface area contributed by atoms with Gasteiger partial charge in [-0.1, -0.05) is 13.0 Å². The van der Waals surface area contributed by atoms with Gasteiger partial charge in [0.2, 0.25) is 0 Å². The van der Waals surface area contributed by atoms with Crippen molar-refractivity contribution in [2.75, 3.05) is 0 Å². The molecule has 0 bridgehead atoms. The minimum Gasteiger partial charge on any atom is -0.307 e. The molecule has 3 heterocycles. The molecule has 0 N–H and O–H groups in total. The van der Waals surface area contributed by atoms with E-state index in [0.717, 1.165) is 35.6 Å². The maximum absolute atomic E-state index is 6.04. The van der Waals surface area contributed by atoms with E-state index in [1.165, 1.54) is 4.88 Å². The Bertz CT molecular complexity index is 696. The number of hydrogen-bond acceptors (Lipinski definition) is 3. The number of hydrogen-bond donors (Lipinski definition) is 0. The Hall–Kier alpha value is -1.33. The molecule has 0 aromatic carbocycles. The van der Waals surface area contributed by atoms with Gasteiger partial charge in [0.1, 0.15) is 11.3 Å². The van der Waals surface area contributed by atoms with E-state index in [1.54, 1.807) is 11.3 Å². The number of rotatable bonds is 4. The van der Waals surface area contributed by atoms with Crippen LogP contribution in [-0.4, -0.2) is 19.3 Å². The second-order valence-electron chi connectivity index (χ2n) is 4.42. The smallest absolute Gasteiger partial charge is 0.159 e. The van der Waals surface area contributed by atoms with Crippen LogP contribution in [0.2, 0.25) is 0 Å². The van der Waals surface area contributed by atoms with E-state index < -0.39 is 0 Å². The van der Waals surface area contributed by atoms with Crippen molar-refractivity contribution in [3.8, 4) is 0 Å². The summed E-state index contributed by atoms with van der Waals surface area (Å²) in [5.74, 6) is 1.33. The van der Waals surface area contributed by atoms with E-state index in [-0.39, 0.29) is 0 Å². The number of nitrogens with zero attached hydrogens (tertiary/aromatic N) is 4. The van der Waals surface area contributed by atoms with Crippen molar-refractivity contribution in [1.82, 2.24) is 19.3 Å². The molecule has 3 aromatic rings. The van der Waals surface area contributed by atoms with E-state index >= 15 is 0 Å². The van der Waals surface area contributed by atoms with Crippen molar-refractivity contribution < 1.29 is 0 Å². The number of alkyl halides is 1. The SMILES string of the molecule is CCc1nn(C)c2c1nc(CCl)n2Cc1cccs1. The third-order valence-electron chi connectivity index (χ3n) is 3.22. The molecule has 0 radical (unpaired) electrons. The van der Waals surface area contributed by atoms with Crippen LogP contribution in [0.5, 0.6) is 0 Å². The standard InChI is InChI=1S/C13H15ClN4S/c1-3-10-12-13(17(2)16-10)18(11(7-14)15-12)8-9-5-4-6-19-9/h4-6H,3,7-8H2,1-2H3. The topological polar surface area (TPSA) is 35.6 Å². The molecular weight excluding hydrogens is 280 g/mol. The van der Waals surface area contributed by atoms with Crippen LogP contribution in [0.1, 0.15) is 23.3 Å². The highest BCUT2D eigenvalue weighted by Crippen LogP contribution is 2.23. The normalized spacial score (nSPS) is 11.5. The average Bonchev–Trinajstić information content (AvgIpc) is 3.09. The van der Waals surface area contributed by atoms with Gasteiger partial charge in [-0.25, -0.2) is 4.98 Å². The van der Waals surface area contributed by atoms with Crippen molar-refractivity contribution >= 4 is 34.1 Å². The predicted molar refractivity (Wildman–Crippen MR) is 78.9 cm³/mol. The number of thiophene rings is 1. The molecule has 0 saturated carbocycles. The van der Waals surface area contributed by atoms with Gasteiger partial charge in [0.15, 0.2) is 5.65 Å². The maximum Gasteiger partial charge on any atom is 0.159 e. The Morgan fingerprint density at radius 3 is 2.89 bits per heavy atom. The first-order valence-electron chi connectivity index (χ1n) is 6.24. The van der Waals surface area contributed by atoms with Crippen LogP contribution in [0, 0.1) is 0 Å². The molecule has 0 aliphatic carbocycles. The molecule has 0 amide bonds. The third kappa shape index (κ3) is 2.07. The van der Waals surface area contributed by atoms with Crippen LogP contribution in [-0.2, 0) is 25.9 Å². The Kier molecular flexibility index (Phi) is 3.33. The zero-order valence-corrected chi connectivity index (χ0v) is 12.5. The number of aryl methyl sites for hydroxylation is 2. The van der Waals surface area contributed by atoms with E-state index in [2.05, 4.69) is 39.1 Å². The molecule has 100 valence electrons. The Labute approximate surface area is 120 Å². The second kappa shape index (κ2) is 4.98. The Balaban J connectivity index is 2.17. The van der Waals surface area contributed by atoms with E-state index in [4.69, 9.17) is 11.6 Å². The first kappa shape index (κ1) is 12.7. The second-order valence-corrected chi connectivity index (χ2v) is 5.72. The van der Waals surface area contributed by atoms with Gasteiger partial charge in [-0.3, -0.25) is 4.68 Å². The molecule has 0 aliphatic rings. The molecule has 0 unspecified atom stereocenters. The zero-order valence-electron chi connectivity index (χ0n) is 10.9. The highest BCUT2D eigenvalue weighted by Gasteiger charge is 2.18. The monoisotopic (exact) mass is 294 g/mol. The first-order valence-corrected chi connectivity index (χ1v) is 7.65. The summed E-state index contributed by atoms with van der Waals surface area (Å²) in [6.45, 7) is 2.90. The molecule has 19 heavy (non-hydrogen) atoms. The fraction of sp³-hybridized carbons (Fsp3) is 0.385. The number of fused-ring (bicyclic) bond motifs is 1. The van der Waals surface area contributed by atoms with Crippen molar-refractivity contribution in [3.05, 3.63) is 33.9 Å². The summed E-state index contributed by atoms with van der Waals surface area (Å²) in [6, 6.07) is 4.20. The Morgan fingerprint density at radius 1 is 1.42 bits per heavy atom. The van der Waals surface area contributed by atoms with Crippen LogP contribution < -0.4 is 0 Å². The zero-order chi connectivity index (χ0) is 13.4. The number of imidazole rings is 1. The molecule has 0 fully saturated rings. The molecule has 6 heteroatoms. The van der Waals surface area contributed by atoms with Gasteiger partial charge in [0.25, 0.3) is 0 Å². The minimum atomic E-state index is 0.420. The molecule has 3 rings (SSSR count). The lowest BCUT2D eigenvalue weighted by Crippen LogP contribution is -2.06. The van der Waals surface area contributed by atoms with Crippen molar-refractivity contribution in [3.63, 3.8) is 0 Å². The van der Waals surface area contributed by atoms with E-state index in [1.807, 2.05) is 11.7 Å². The van der Waals surface area contributed by atoms with Crippen molar-refractivity contribution in [2.45, 2.75) is 25.8 Å². The number of halogens is 1. The fourth-order valence-electron chi connectivity index (χ4n) is 2.35. The summed E-state index contributed by atoms with van der Waals surface area (Å²) in [6.07, 6.45) is 0.884. The highest BCUT2D eigenvalue weighted by atomic mass is 35.5. The Morgan fingerprint density at radius 2 is 2.26 bits per heavy atom. The summed E-state index contributed by atoms with van der Waals surface area (Å²) in [7, 11) is 1.96. The summed E-state index contributed by atoms with van der Waals surface area (Å²) >= 11 is 7.78. The minimum absolute atomic E-state index is 0.420. The molecule has 0 atom stereocenters. The van der Waals surface area contributed by atoms with Gasteiger partial charge in [0, 0.05) is 11.9 Å². The van der Waals surface area contributed by atoms with Gasteiger partial charge >= 0.3 is 0 Å². The third-order valence-corrected chi connectivity index (χ3v) is 4.32. The van der Waals surface area contributed by atoms with Gasteiger partial charge in [0.05, 0.1) is 18.1 Å². The van der Waals surface area contributed by atoms with Crippen molar-refractivity contribution in [1.29, 1.82) is 0 Å². The quantitative estimate of drug-likeness (QED) is 0.693. The average molecular weight is 295 g/mol. The van der Waals surface area contributed by atoms with Gasteiger partial charge in [-0.05, 0) is 17.9 Å². The lowest BCUT2D eigenvalue weighted by Gasteiger charge is -2.06. The number of aromatic nitrogens is 4. The van der Waals surface area contributed by atoms with E-state index in [0.29, 0.717) is 5.88 Å². The van der Waals surface area contributed by atoms with Crippen LogP contribution in [0.25, 0.3) is 11.2 Å². The van der Waals surface area contributed by atoms with Crippen LogP contribution in [0.4, 0.5) is 0 Å². The lowest BCUT2D eigenvalue weighted by molar-refractivity contribution is 0.701.